The highest BCUT2D eigenvalue weighted by Gasteiger charge is 2.22. The van der Waals surface area contributed by atoms with Crippen LogP contribution >= 0.6 is 0 Å². The van der Waals surface area contributed by atoms with Crippen LogP contribution in [0.25, 0.3) is 0 Å². The molecule has 1 aliphatic heterocycles. The number of nitro groups is 1. The molecule has 0 unspecified atom stereocenters. The first-order valence-corrected chi connectivity index (χ1v) is 6.24. The molecule has 1 saturated heterocycles. The number of hydrogen-bond donors (Lipinski definition) is 0. The number of methoxy groups -OCH3 is 1. The molecule has 1 fully saturated rings. The molecule has 1 aliphatic rings. The van der Waals surface area contributed by atoms with E-state index in [2.05, 4.69) is 4.98 Å². The van der Waals surface area contributed by atoms with Crippen LogP contribution in [0.15, 0.2) is 18.3 Å². The predicted molar refractivity (Wildman–Crippen MR) is 71.6 cm³/mol. The molecule has 1 amide bonds. The van der Waals surface area contributed by atoms with E-state index in [0.29, 0.717) is 26.2 Å². The quantitative estimate of drug-likeness (QED) is 0.581. The van der Waals surface area contributed by atoms with Gasteiger partial charge in [0, 0.05) is 39.4 Å². The lowest BCUT2D eigenvalue weighted by atomic mass is 10.2. The van der Waals surface area contributed by atoms with Crippen molar-refractivity contribution in [2.24, 2.45) is 0 Å². The van der Waals surface area contributed by atoms with Gasteiger partial charge in [0.25, 0.3) is 0 Å². The molecule has 0 aromatic carbocycles. The van der Waals surface area contributed by atoms with Gasteiger partial charge in [0.05, 0.1) is 5.69 Å². The SMILES string of the molecule is COCC(=O)N1CCN(c2ccc([N+](=O)[O-])nc2)CC1. The van der Waals surface area contributed by atoms with Gasteiger partial charge in [-0.2, -0.15) is 0 Å². The van der Waals surface area contributed by atoms with Crippen molar-refractivity contribution in [1.29, 1.82) is 0 Å². The summed E-state index contributed by atoms with van der Waals surface area (Å²) in [6.07, 6.45) is 1.49. The molecular formula is C12H16N4O4. The van der Waals surface area contributed by atoms with Crippen molar-refractivity contribution in [3.05, 3.63) is 28.4 Å². The Kier molecular flexibility index (Phi) is 4.46. The average molecular weight is 280 g/mol. The van der Waals surface area contributed by atoms with Crippen LogP contribution in [0.4, 0.5) is 11.5 Å². The monoisotopic (exact) mass is 280 g/mol. The molecule has 20 heavy (non-hydrogen) atoms. The molecule has 2 heterocycles. The van der Waals surface area contributed by atoms with Crippen molar-refractivity contribution in [3.63, 3.8) is 0 Å². The summed E-state index contributed by atoms with van der Waals surface area (Å²) in [5, 5.41) is 10.5. The Morgan fingerprint density at radius 2 is 2.10 bits per heavy atom. The predicted octanol–water partition coefficient (Wildman–Crippen LogP) is 0.285. The Morgan fingerprint density at radius 1 is 1.40 bits per heavy atom. The van der Waals surface area contributed by atoms with E-state index in [4.69, 9.17) is 4.74 Å². The molecule has 0 N–H and O–H groups in total. The number of pyridine rings is 1. The Bertz CT molecular complexity index is 483. The van der Waals surface area contributed by atoms with Crippen molar-refractivity contribution in [2.75, 3.05) is 44.8 Å². The summed E-state index contributed by atoms with van der Waals surface area (Å²) >= 11 is 0. The summed E-state index contributed by atoms with van der Waals surface area (Å²) in [6.45, 7) is 2.67. The van der Waals surface area contributed by atoms with Crippen LogP contribution in [-0.2, 0) is 9.53 Å². The summed E-state index contributed by atoms with van der Waals surface area (Å²) in [6, 6.07) is 3.07. The smallest absolute Gasteiger partial charge is 0.363 e. The summed E-state index contributed by atoms with van der Waals surface area (Å²) < 4.78 is 4.83. The van der Waals surface area contributed by atoms with Gasteiger partial charge in [0.15, 0.2) is 6.20 Å². The fraction of sp³-hybridized carbons (Fsp3) is 0.500. The Labute approximate surface area is 116 Å². The molecule has 0 atom stereocenters. The largest absolute Gasteiger partial charge is 0.375 e. The number of anilines is 1. The number of ether oxygens (including phenoxy) is 1. The third kappa shape index (κ3) is 3.21. The second kappa shape index (κ2) is 6.29. The molecule has 2 rings (SSSR count). The maximum Gasteiger partial charge on any atom is 0.363 e. The number of carbonyl (C=O) groups excluding carboxylic acids is 1. The van der Waals surface area contributed by atoms with Gasteiger partial charge in [-0.3, -0.25) is 4.79 Å². The highest BCUT2D eigenvalue weighted by molar-refractivity contribution is 5.77. The molecule has 0 aliphatic carbocycles. The van der Waals surface area contributed by atoms with E-state index in [1.807, 2.05) is 4.90 Å². The van der Waals surface area contributed by atoms with Crippen molar-refractivity contribution in [1.82, 2.24) is 9.88 Å². The van der Waals surface area contributed by atoms with Gasteiger partial charge >= 0.3 is 5.82 Å². The van der Waals surface area contributed by atoms with Crippen LogP contribution in [0.1, 0.15) is 0 Å². The first kappa shape index (κ1) is 14.2. The third-order valence-electron chi connectivity index (χ3n) is 3.18. The Hall–Kier alpha value is -2.22. The number of amides is 1. The van der Waals surface area contributed by atoms with Gasteiger partial charge in [-0.1, -0.05) is 0 Å². The van der Waals surface area contributed by atoms with E-state index >= 15 is 0 Å². The zero-order valence-electron chi connectivity index (χ0n) is 11.2. The highest BCUT2D eigenvalue weighted by Crippen LogP contribution is 2.18. The standard InChI is InChI=1S/C12H16N4O4/c1-20-9-12(17)15-6-4-14(5-7-15)10-2-3-11(13-8-10)16(18)19/h2-3,8H,4-7,9H2,1H3. The second-order valence-corrected chi connectivity index (χ2v) is 4.43. The molecule has 8 nitrogen and oxygen atoms in total. The number of nitrogens with zero attached hydrogens (tertiary/aromatic N) is 4. The molecule has 0 bridgehead atoms. The number of rotatable bonds is 4. The maximum absolute atomic E-state index is 11.7. The molecule has 1 aromatic heterocycles. The normalized spacial score (nSPS) is 15.2. The van der Waals surface area contributed by atoms with Crippen molar-refractivity contribution < 1.29 is 14.5 Å². The summed E-state index contributed by atoms with van der Waals surface area (Å²) in [5.74, 6) is -0.184. The Balaban J connectivity index is 1.93. The van der Waals surface area contributed by atoms with Crippen LogP contribution in [0.2, 0.25) is 0 Å². The van der Waals surface area contributed by atoms with Crippen molar-refractivity contribution in [2.45, 2.75) is 0 Å². The van der Waals surface area contributed by atoms with Crippen molar-refractivity contribution in [3.8, 4) is 0 Å². The van der Waals surface area contributed by atoms with E-state index < -0.39 is 4.92 Å². The van der Waals surface area contributed by atoms with Gasteiger partial charge in [-0.05, 0) is 16.0 Å². The van der Waals surface area contributed by atoms with Gasteiger partial charge in [0.2, 0.25) is 5.91 Å². The number of carbonyl (C=O) groups is 1. The molecule has 0 saturated carbocycles. The minimum Gasteiger partial charge on any atom is -0.375 e. The van der Waals surface area contributed by atoms with Crippen LogP contribution in [0.5, 0.6) is 0 Å². The Morgan fingerprint density at radius 3 is 2.60 bits per heavy atom. The summed E-state index contributed by atoms with van der Waals surface area (Å²) in [7, 11) is 1.50. The lowest BCUT2D eigenvalue weighted by Gasteiger charge is -2.35. The minimum absolute atomic E-state index is 0.0195. The van der Waals surface area contributed by atoms with E-state index in [1.54, 1.807) is 11.0 Å². The van der Waals surface area contributed by atoms with Gasteiger partial charge in [0.1, 0.15) is 6.61 Å². The van der Waals surface area contributed by atoms with Crippen molar-refractivity contribution >= 4 is 17.4 Å². The first-order chi connectivity index (χ1) is 9.61. The van der Waals surface area contributed by atoms with E-state index in [-0.39, 0.29) is 18.3 Å². The van der Waals surface area contributed by atoms with E-state index in [0.717, 1.165) is 5.69 Å². The molecule has 8 heteroatoms. The van der Waals surface area contributed by atoms with E-state index in [9.17, 15) is 14.9 Å². The van der Waals surface area contributed by atoms with Gasteiger partial charge < -0.3 is 24.7 Å². The number of aromatic nitrogens is 1. The first-order valence-electron chi connectivity index (χ1n) is 6.24. The molecule has 0 radical (unpaired) electrons. The van der Waals surface area contributed by atoms with Gasteiger partial charge in [-0.25, -0.2) is 0 Å². The fourth-order valence-corrected chi connectivity index (χ4v) is 2.10. The van der Waals surface area contributed by atoms with E-state index in [1.165, 1.54) is 19.4 Å². The summed E-state index contributed by atoms with van der Waals surface area (Å²) in [5.41, 5.74) is 0.828. The number of hydrogen-bond acceptors (Lipinski definition) is 6. The molecule has 108 valence electrons. The lowest BCUT2D eigenvalue weighted by Crippen LogP contribution is -2.49. The highest BCUT2D eigenvalue weighted by atomic mass is 16.6. The molecule has 1 aromatic rings. The maximum atomic E-state index is 11.7. The molecular weight excluding hydrogens is 264 g/mol. The third-order valence-corrected chi connectivity index (χ3v) is 3.18. The zero-order chi connectivity index (χ0) is 14.5. The van der Waals surface area contributed by atoms with Crippen LogP contribution < -0.4 is 4.90 Å². The lowest BCUT2D eigenvalue weighted by molar-refractivity contribution is -0.389. The van der Waals surface area contributed by atoms with Crippen LogP contribution in [0.3, 0.4) is 0 Å². The number of piperazine rings is 1. The second-order valence-electron chi connectivity index (χ2n) is 4.43. The minimum atomic E-state index is -0.523. The van der Waals surface area contributed by atoms with Crippen LogP contribution in [0, 0.1) is 10.1 Å². The summed E-state index contributed by atoms with van der Waals surface area (Å²) in [4.78, 5) is 29.3. The fourth-order valence-electron chi connectivity index (χ4n) is 2.10. The van der Waals surface area contributed by atoms with Gasteiger partial charge in [-0.15, -0.1) is 0 Å². The van der Waals surface area contributed by atoms with Crippen LogP contribution in [-0.4, -0.2) is 60.6 Å². The average Bonchev–Trinajstić information content (AvgIpc) is 2.48. The topological polar surface area (TPSA) is 88.8 Å². The molecule has 0 spiro atoms. The zero-order valence-corrected chi connectivity index (χ0v) is 11.2.